The van der Waals surface area contributed by atoms with Crippen molar-refractivity contribution in [1.82, 2.24) is 0 Å². The standard InChI is InChI=1S/C43H52.2ClH.Zr/c1-40(2,3)28-19-21-31-32-22-20-29(41(4,5)6)24-36(32)39(35(31)23-28)43(27-15-11-10-12-16-27)37-18-14-13-17-33(37)34-25-30(26-38(34)43)42(7,8)9;;;/h10-12,15-16,19-24,26,33,37,39H,13-14,17-18,25H2,1-9H3;2*1H;/q;;;+2/p-2. The van der Waals surface area contributed by atoms with E-state index in [2.05, 4.69) is 135 Å². The van der Waals surface area contributed by atoms with Crippen LogP contribution in [-0.4, -0.2) is 0 Å². The second kappa shape index (κ2) is 12.8. The average molecular weight is 731 g/mol. The molecule has 3 aromatic carbocycles. The SMILES string of the molecule is CC(C)(C)C1=CC2=C(C1)C1CCCCC1C2(c1ccccc1)C1c2cc(C(C)(C)C)ccc2-c2ccc(C(C)(C)C)cc21.[Cl-].[Cl-].[Zr+2]. The maximum atomic E-state index is 2.72. The van der Waals surface area contributed by atoms with Gasteiger partial charge in [-0.25, -0.2) is 0 Å². The third kappa shape index (κ3) is 5.71. The first-order chi connectivity index (χ1) is 20.2. The van der Waals surface area contributed by atoms with E-state index in [-0.39, 0.29) is 72.7 Å². The van der Waals surface area contributed by atoms with Crippen molar-refractivity contribution in [2.75, 3.05) is 0 Å². The monoisotopic (exact) mass is 728 g/mol. The Labute approximate surface area is 311 Å². The van der Waals surface area contributed by atoms with Gasteiger partial charge in [-0.1, -0.05) is 159 Å². The summed E-state index contributed by atoms with van der Waals surface area (Å²) in [6.07, 6.45) is 9.28. The maximum Gasteiger partial charge on any atom is 2.00 e. The fourth-order valence-electron chi connectivity index (χ4n) is 9.41. The van der Waals surface area contributed by atoms with Crippen LogP contribution in [0.2, 0.25) is 0 Å². The van der Waals surface area contributed by atoms with Crippen LogP contribution in [0.4, 0.5) is 0 Å². The van der Waals surface area contributed by atoms with E-state index in [0.29, 0.717) is 17.8 Å². The maximum absolute atomic E-state index is 2.72. The van der Waals surface area contributed by atoms with Gasteiger partial charge in [-0.15, -0.1) is 0 Å². The molecule has 4 aliphatic carbocycles. The summed E-state index contributed by atoms with van der Waals surface area (Å²) in [5, 5.41) is 0. The van der Waals surface area contributed by atoms with Gasteiger partial charge in [0.05, 0.1) is 0 Å². The van der Waals surface area contributed by atoms with E-state index in [1.54, 1.807) is 27.8 Å². The molecule has 0 radical (unpaired) electrons. The molecule has 0 saturated heterocycles. The predicted octanol–water partition coefficient (Wildman–Crippen LogP) is 5.83. The van der Waals surface area contributed by atoms with Gasteiger partial charge >= 0.3 is 26.2 Å². The molecule has 3 unspecified atom stereocenters. The van der Waals surface area contributed by atoms with E-state index >= 15 is 0 Å². The van der Waals surface area contributed by atoms with Gasteiger partial charge in [0.2, 0.25) is 0 Å². The van der Waals surface area contributed by atoms with Gasteiger partial charge in [0.1, 0.15) is 0 Å². The van der Waals surface area contributed by atoms with Gasteiger partial charge in [-0.05, 0) is 91.9 Å². The van der Waals surface area contributed by atoms with E-state index in [0.717, 1.165) is 0 Å². The van der Waals surface area contributed by atoms with Crippen LogP contribution in [0.1, 0.15) is 128 Å². The van der Waals surface area contributed by atoms with Crippen molar-refractivity contribution in [3.8, 4) is 11.1 Å². The molecular weight excluding hydrogens is 679 g/mol. The van der Waals surface area contributed by atoms with Gasteiger partial charge < -0.3 is 24.8 Å². The molecule has 0 heterocycles. The molecule has 242 valence electrons. The van der Waals surface area contributed by atoms with Crippen molar-refractivity contribution >= 4 is 0 Å². The molecule has 3 aromatic rings. The molecule has 0 N–H and O–H groups in total. The first-order valence-electron chi connectivity index (χ1n) is 17.0. The van der Waals surface area contributed by atoms with Crippen LogP contribution in [0, 0.1) is 17.3 Å². The minimum Gasteiger partial charge on any atom is -1.00 e. The van der Waals surface area contributed by atoms with Gasteiger partial charge in [0.25, 0.3) is 0 Å². The van der Waals surface area contributed by atoms with Crippen molar-refractivity contribution in [2.45, 2.75) is 117 Å². The Morgan fingerprint density at radius 1 is 0.630 bits per heavy atom. The quantitative estimate of drug-likeness (QED) is 0.312. The second-order valence-corrected chi connectivity index (χ2v) is 17.3. The molecule has 0 nitrogen and oxygen atoms in total. The summed E-state index contributed by atoms with van der Waals surface area (Å²) in [5.74, 6) is 1.62. The number of fused-ring (bicyclic) bond motifs is 5. The zero-order chi connectivity index (χ0) is 30.5. The molecule has 1 saturated carbocycles. The van der Waals surface area contributed by atoms with Crippen LogP contribution in [0.3, 0.4) is 0 Å². The number of rotatable bonds is 2. The third-order valence-electron chi connectivity index (χ3n) is 11.7. The van der Waals surface area contributed by atoms with Gasteiger partial charge in [-0.3, -0.25) is 0 Å². The van der Waals surface area contributed by atoms with Gasteiger partial charge in [0.15, 0.2) is 0 Å². The number of hydrogen-bond acceptors (Lipinski definition) is 0. The number of halogens is 2. The number of hydrogen-bond donors (Lipinski definition) is 0. The molecule has 46 heavy (non-hydrogen) atoms. The molecule has 4 aliphatic rings. The van der Waals surface area contributed by atoms with Crippen molar-refractivity contribution < 1.29 is 51.0 Å². The van der Waals surface area contributed by atoms with Crippen molar-refractivity contribution in [3.63, 3.8) is 0 Å². The average Bonchev–Trinajstić information content (AvgIpc) is 3.61. The topological polar surface area (TPSA) is 0 Å². The first-order valence-corrected chi connectivity index (χ1v) is 17.0. The van der Waals surface area contributed by atoms with E-state index in [9.17, 15) is 0 Å². The minimum absolute atomic E-state index is 0. The second-order valence-electron chi connectivity index (χ2n) is 17.3. The third-order valence-corrected chi connectivity index (χ3v) is 11.7. The summed E-state index contributed by atoms with van der Waals surface area (Å²) in [5.41, 5.74) is 15.9. The molecular formula is C43H52Cl2Zr. The van der Waals surface area contributed by atoms with E-state index < -0.39 is 0 Å². The molecule has 0 bridgehead atoms. The van der Waals surface area contributed by atoms with E-state index in [4.69, 9.17) is 0 Å². The van der Waals surface area contributed by atoms with Crippen LogP contribution in [0.5, 0.6) is 0 Å². The Balaban J connectivity index is 0.00000160. The molecule has 1 fully saturated rings. The largest absolute Gasteiger partial charge is 2.00 e. The molecule has 0 aliphatic heterocycles. The number of benzene rings is 3. The Kier molecular flexibility index (Phi) is 10.4. The predicted molar refractivity (Wildman–Crippen MR) is 184 cm³/mol. The van der Waals surface area contributed by atoms with Crippen LogP contribution in [0.15, 0.2) is 89.5 Å². The van der Waals surface area contributed by atoms with Gasteiger partial charge in [-0.2, -0.15) is 0 Å². The van der Waals surface area contributed by atoms with Crippen LogP contribution in [-0.2, 0) is 42.4 Å². The molecule has 7 rings (SSSR count). The summed E-state index contributed by atoms with van der Waals surface area (Å²) in [6, 6.07) is 26.8. The van der Waals surface area contributed by atoms with Crippen molar-refractivity contribution in [2.24, 2.45) is 17.3 Å². The summed E-state index contributed by atoms with van der Waals surface area (Å²) >= 11 is 0. The van der Waals surface area contributed by atoms with Crippen molar-refractivity contribution in [3.05, 3.63) is 117 Å². The first kappa shape index (κ1) is 37.4. The summed E-state index contributed by atoms with van der Waals surface area (Å²) in [6.45, 7) is 21.5. The molecule has 3 atom stereocenters. The molecule has 0 amide bonds. The fraction of sp³-hybridized carbons (Fsp3) is 0.488. The minimum atomic E-state index is -0.0678. The van der Waals surface area contributed by atoms with Crippen LogP contribution < -0.4 is 24.8 Å². The molecule has 0 aromatic heterocycles. The van der Waals surface area contributed by atoms with Crippen molar-refractivity contribution in [1.29, 1.82) is 0 Å². The number of allylic oxidation sites excluding steroid dienone is 4. The van der Waals surface area contributed by atoms with Crippen LogP contribution in [0.25, 0.3) is 11.1 Å². The Morgan fingerprint density at radius 3 is 1.65 bits per heavy atom. The Morgan fingerprint density at radius 2 is 1.15 bits per heavy atom. The summed E-state index contributed by atoms with van der Waals surface area (Å²) < 4.78 is 0. The Hall–Kier alpha value is -1.40. The van der Waals surface area contributed by atoms with E-state index in [1.165, 1.54) is 59.9 Å². The smallest absolute Gasteiger partial charge is 1.00 e. The van der Waals surface area contributed by atoms with Crippen LogP contribution >= 0.6 is 0 Å². The zero-order valence-corrected chi connectivity index (χ0v) is 33.4. The summed E-state index contributed by atoms with van der Waals surface area (Å²) in [4.78, 5) is 0. The normalized spacial score (nSPS) is 23.7. The fourth-order valence-corrected chi connectivity index (χ4v) is 9.41. The zero-order valence-electron chi connectivity index (χ0n) is 29.5. The Bertz CT molecular complexity index is 1590. The van der Waals surface area contributed by atoms with E-state index in [1.807, 2.05) is 0 Å². The molecule has 0 spiro atoms. The van der Waals surface area contributed by atoms with Gasteiger partial charge in [0, 0.05) is 11.3 Å². The molecule has 3 heteroatoms. The summed E-state index contributed by atoms with van der Waals surface area (Å²) in [7, 11) is 0.